The number of fused-ring (bicyclic) bond motifs is 1. The first-order valence-corrected chi connectivity index (χ1v) is 12.1. The quantitative estimate of drug-likeness (QED) is 0.554. The maximum atomic E-state index is 13.4. The number of aromatic amines is 1. The number of piperidine rings is 1. The topological polar surface area (TPSA) is 95.3 Å². The van der Waals surface area contributed by atoms with Crippen LogP contribution < -0.4 is 5.73 Å². The molecule has 0 saturated carbocycles. The van der Waals surface area contributed by atoms with E-state index >= 15 is 0 Å². The van der Waals surface area contributed by atoms with Crippen LogP contribution in [-0.4, -0.2) is 51.3 Å². The zero-order valence-corrected chi connectivity index (χ0v) is 20.6. The molecular formula is C27H35N5O2. The van der Waals surface area contributed by atoms with E-state index in [2.05, 4.69) is 54.1 Å². The van der Waals surface area contributed by atoms with Crippen molar-refractivity contribution in [3.8, 4) is 11.1 Å². The molecule has 0 unspecified atom stereocenters. The number of hydrogen-bond acceptors (Lipinski definition) is 3. The fourth-order valence-corrected chi connectivity index (χ4v) is 4.69. The highest BCUT2D eigenvalue weighted by Gasteiger charge is 2.37. The summed E-state index contributed by atoms with van der Waals surface area (Å²) in [5.74, 6) is 0.625. The molecule has 0 radical (unpaired) electrons. The number of H-pyrrole nitrogens is 1. The summed E-state index contributed by atoms with van der Waals surface area (Å²) < 4.78 is 0. The molecule has 0 aliphatic carbocycles. The van der Waals surface area contributed by atoms with E-state index in [-0.39, 0.29) is 11.9 Å². The van der Waals surface area contributed by atoms with Crippen molar-refractivity contribution in [2.75, 3.05) is 19.6 Å². The second kappa shape index (κ2) is 9.49. The third-order valence-electron chi connectivity index (χ3n) is 7.14. The van der Waals surface area contributed by atoms with Gasteiger partial charge in [-0.3, -0.25) is 4.79 Å². The van der Waals surface area contributed by atoms with E-state index < -0.39 is 5.41 Å². The molecule has 3 N–H and O–H groups in total. The molecule has 0 spiro atoms. The zero-order valence-electron chi connectivity index (χ0n) is 20.6. The third-order valence-corrected chi connectivity index (χ3v) is 7.14. The van der Waals surface area contributed by atoms with Gasteiger partial charge in [0.2, 0.25) is 5.91 Å². The van der Waals surface area contributed by atoms with Gasteiger partial charge in [-0.1, -0.05) is 32.0 Å². The van der Waals surface area contributed by atoms with E-state index in [1.165, 1.54) is 0 Å². The summed E-state index contributed by atoms with van der Waals surface area (Å²) in [6, 6.07) is 12.7. The molecule has 1 aromatic heterocycles. The maximum absolute atomic E-state index is 13.4. The lowest BCUT2D eigenvalue weighted by atomic mass is 9.80. The van der Waals surface area contributed by atoms with Gasteiger partial charge in [0.25, 0.3) is 0 Å². The van der Waals surface area contributed by atoms with Crippen molar-refractivity contribution in [1.82, 2.24) is 19.8 Å². The van der Waals surface area contributed by atoms with Crippen LogP contribution in [0.2, 0.25) is 0 Å². The Morgan fingerprint density at radius 2 is 1.79 bits per heavy atom. The molecular weight excluding hydrogens is 426 g/mol. The summed E-state index contributed by atoms with van der Waals surface area (Å²) in [6.07, 6.45) is 2.10. The number of nitrogens with one attached hydrogen (secondary N) is 1. The monoisotopic (exact) mass is 461 g/mol. The summed E-state index contributed by atoms with van der Waals surface area (Å²) >= 11 is 0. The number of amides is 3. The molecule has 1 aliphatic rings. The van der Waals surface area contributed by atoms with Gasteiger partial charge in [0.15, 0.2) is 0 Å². The SMILES string of the molecule is CCCN(Cc1cc(-c2ccc3nc(C)[nH]c3c2)ccc1C)C(=O)N1CCC(C)(C(N)=O)CC1. The number of nitrogens with zero attached hydrogens (tertiary/aromatic N) is 3. The molecule has 3 amide bonds. The van der Waals surface area contributed by atoms with Crippen LogP contribution in [0.4, 0.5) is 4.79 Å². The lowest BCUT2D eigenvalue weighted by Crippen LogP contribution is -2.51. The predicted molar refractivity (Wildman–Crippen MR) is 135 cm³/mol. The number of likely N-dealkylation sites (tertiary alicyclic amines) is 1. The minimum Gasteiger partial charge on any atom is -0.369 e. The standard InChI is InChI=1S/C27H35N5O2/c1-5-12-32(26(34)31-13-10-27(4,11-14-31)25(28)33)17-22-15-20(7-6-18(22)2)21-8-9-23-24(16-21)30-19(3)29-23/h6-9,15-16H,5,10-14,17H2,1-4H3,(H2,28,33)(H,29,30). The number of aromatic nitrogens is 2. The lowest BCUT2D eigenvalue weighted by molar-refractivity contribution is -0.129. The Kier molecular flexibility index (Phi) is 6.64. The number of benzene rings is 2. The smallest absolute Gasteiger partial charge is 0.320 e. The van der Waals surface area contributed by atoms with Crippen molar-refractivity contribution in [3.63, 3.8) is 0 Å². The number of hydrogen-bond donors (Lipinski definition) is 2. The number of urea groups is 1. The van der Waals surface area contributed by atoms with Crippen LogP contribution in [-0.2, 0) is 11.3 Å². The fourth-order valence-electron chi connectivity index (χ4n) is 4.69. The van der Waals surface area contributed by atoms with Crippen molar-refractivity contribution >= 4 is 23.0 Å². The first-order valence-electron chi connectivity index (χ1n) is 12.1. The second-order valence-corrected chi connectivity index (χ2v) is 9.81. The van der Waals surface area contributed by atoms with Gasteiger partial charge in [-0.25, -0.2) is 9.78 Å². The van der Waals surface area contributed by atoms with Gasteiger partial charge >= 0.3 is 6.03 Å². The number of primary amides is 1. The molecule has 2 aromatic carbocycles. The Bertz CT molecular complexity index is 1210. The van der Waals surface area contributed by atoms with Gasteiger partial charge in [0.05, 0.1) is 11.0 Å². The fraction of sp³-hybridized carbons (Fsp3) is 0.444. The predicted octanol–water partition coefficient (Wildman–Crippen LogP) is 4.77. The van der Waals surface area contributed by atoms with Crippen LogP contribution in [0.3, 0.4) is 0 Å². The summed E-state index contributed by atoms with van der Waals surface area (Å²) in [6.45, 7) is 10.4. The molecule has 180 valence electrons. The number of imidazole rings is 1. The Morgan fingerprint density at radius 3 is 2.47 bits per heavy atom. The minimum absolute atomic E-state index is 0.0347. The molecule has 7 nitrogen and oxygen atoms in total. The van der Waals surface area contributed by atoms with Gasteiger partial charge in [0.1, 0.15) is 5.82 Å². The van der Waals surface area contributed by atoms with Crippen LogP contribution >= 0.6 is 0 Å². The van der Waals surface area contributed by atoms with Gasteiger partial charge in [0, 0.05) is 31.6 Å². The molecule has 1 fully saturated rings. The van der Waals surface area contributed by atoms with Crippen LogP contribution in [0.25, 0.3) is 22.2 Å². The van der Waals surface area contributed by atoms with E-state index in [1.54, 1.807) is 0 Å². The Hall–Kier alpha value is -3.35. The van der Waals surface area contributed by atoms with E-state index in [1.807, 2.05) is 29.7 Å². The van der Waals surface area contributed by atoms with Crippen molar-refractivity contribution < 1.29 is 9.59 Å². The zero-order chi connectivity index (χ0) is 24.5. The number of carbonyl (C=O) groups excluding carboxylic acids is 2. The van der Waals surface area contributed by atoms with Gasteiger partial charge in [-0.15, -0.1) is 0 Å². The molecule has 4 rings (SSSR count). The number of carbonyl (C=O) groups is 2. The van der Waals surface area contributed by atoms with Crippen molar-refractivity contribution in [2.45, 2.75) is 53.5 Å². The highest BCUT2D eigenvalue weighted by Crippen LogP contribution is 2.31. The number of nitrogens with two attached hydrogens (primary N) is 1. The Labute approximate surface area is 201 Å². The Balaban J connectivity index is 1.54. The summed E-state index contributed by atoms with van der Waals surface area (Å²) in [5, 5.41) is 0. The number of aryl methyl sites for hydroxylation is 2. The van der Waals surface area contributed by atoms with Crippen molar-refractivity contribution in [2.24, 2.45) is 11.1 Å². The van der Waals surface area contributed by atoms with Gasteiger partial charge in [-0.05, 0) is 73.6 Å². The maximum Gasteiger partial charge on any atom is 0.320 e. The molecule has 1 saturated heterocycles. The summed E-state index contributed by atoms with van der Waals surface area (Å²) in [7, 11) is 0. The normalized spacial score (nSPS) is 15.5. The van der Waals surface area contributed by atoms with Crippen LogP contribution in [0.1, 0.15) is 50.1 Å². The lowest BCUT2D eigenvalue weighted by Gasteiger charge is -2.39. The average molecular weight is 462 g/mol. The summed E-state index contributed by atoms with van der Waals surface area (Å²) in [5.41, 5.74) is 11.6. The van der Waals surface area contributed by atoms with Crippen LogP contribution in [0.15, 0.2) is 36.4 Å². The third kappa shape index (κ3) is 4.79. The first-order chi connectivity index (χ1) is 16.2. The average Bonchev–Trinajstić information content (AvgIpc) is 3.19. The van der Waals surface area contributed by atoms with Crippen LogP contribution in [0.5, 0.6) is 0 Å². The second-order valence-electron chi connectivity index (χ2n) is 9.81. The molecule has 7 heteroatoms. The van der Waals surface area contributed by atoms with E-state index in [0.717, 1.165) is 45.5 Å². The molecule has 34 heavy (non-hydrogen) atoms. The molecule has 3 aromatic rings. The highest BCUT2D eigenvalue weighted by molar-refractivity contribution is 5.83. The van der Waals surface area contributed by atoms with Crippen molar-refractivity contribution in [3.05, 3.63) is 53.3 Å². The van der Waals surface area contributed by atoms with Gasteiger partial charge in [-0.2, -0.15) is 0 Å². The molecule has 0 atom stereocenters. The van der Waals surface area contributed by atoms with E-state index in [9.17, 15) is 9.59 Å². The minimum atomic E-state index is -0.522. The highest BCUT2D eigenvalue weighted by atomic mass is 16.2. The molecule has 1 aliphatic heterocycles. The van der Waals surface area contributed by atoms with Gasteiger partial charge < -0.3 is 20.5 Å². The van der Waals surface area contributed by atoms with E-state index in [0.29, 0.717) is 39.0 Å². The van der Waals surface area contributed by atoms with E-state index in [4.69, 9.17) is 5.73 Å². The Morgan fingerprint density at radius 1 is 1.12 bits per heavy atom. The van der Waals surface area contributed by atoms with Crippen LogP contribution in [0, 0.1) is 19.3 Å². The summed E-state index contributed by atoms with van der Waals surface area (Å²) in [4.78, 5) is 36.8. The van der Waals surface area contributed by atoms with Crippen molar-refractivity contribution in [1.29, 1.82) is 0 Å². The largest absolute Gasteiger partial charge is 0.369 e. The number of rotatable bonds is 6. The molecule has 0 bridgehead atoms. The molecule has 2 heterocycles. The first kappa shape index (κ1) is 23.8.